The summed E-state index contributed by atoms with van der Waals surface area (Å²) in [6.45, 7) is 4.17. The van der Waals surface area contributed by atoms with E-state index in [1.54, 1.807) is 0 Å². The molecule has 106 valence electrons. The first-order valence-corrected chi connectivity index (χ1v) is 7.39. The van der Waals surface area contributed by atoms with E-state index in [4.69, 9.17) is 5.26 Å². The van der Waals surface area contributed by atoms with E-state index in [2.05, 4.69) is 16.7 Å². The summed E-state index contributed by atoms with van der Waals surface area (Å²) in [5.41, 5.74) is 0. The van der Waals surface area contributed by atoms with Crippen molar-refractivity contribution in [2.45, 2.75) is 57.2 Å². The number of piperazine rings is 1. The van der Waals surface area contributed by atoms with Gasteiger partial charge >= 0.3 is 0 Å². The Morgan fingerprint density at radius 2 is 2.16 bits per heavy atom. The van der Waals surface area contributed by atoms with Gasteiger partial charge in [0, 0.05) is 25.7 Å². The van der Waals surface area contributed by atoms with Gasteiger partial charge in [-0.15, -0.1) is 0 Å². The van der Waals surface area contributed by atoms with Crippen molar-refractivity contribution in [2.75, 3.05) is 19.6 Å². The second-order valence-electron chi connectivity index (χ2n) is 5.61. The summed E-state index contributed by atoms with van der Waals surface area (Å²) in [6.07, 6.45) is 5.92. The highest BCUT2D eigenvalue weighted by Gasteiger charge is 2.31. The molecule has 0 aromatic heterocycles. The second-order valence-corrected chi connectivity index (χ2v) is 5.61. The third-order valence-corrected chi connectivity index (χ3v) is 4.26. The van der Waals surface area contributed by atoms with Crippen molar-refractivity contribution in [3.8, 4) is 6.07 Å². The van der Waals surface area contributed by atoms with E-state index in [0.717, 1.165) is 25.9 Å². The van der Waals surface area contributed by atoms with Crippen molar-refractivity contribution in [3.05, 3.63) is 0 Å². The molecule has 2 rings (SSSR count). The third-order valence-electron chi connectivity index (χ3n) is 4.26. The molecule has 0 aromatic carbocycles. The standard InChI is InChI=1S/C14H24N4O/c1-11(18-8-7-16-10-13(18)9-15)14(19)17-12-5-3-2-4-6-12/h11-13,16H,2-8,10H2,1H3,(H,17,19). The van der Waals surface area contributed by atoms with E-state index in [9.17, 15) is 4.79 Å². The summed E-state index contributed by atoms with van der Waals surface area (Å²) in [7, 11) is 0. The molecular weight excluding hydrogens is 240 g/mol. The van der Waals surface area contributed by atoms with E-state index in [0.29, 0.717) is 12.6 Å². The Hall–Kier alpha value is -1.12. The normalized spacial score (nSPS) is 27.5. The highest BCUT2D eigenvalue weighted by Crippen LogP contribution is 2.18. The molecule has 2 N–H and O–H groups in total. The van der Waals surface area contributed by atoms with Crippen LogP contribution in [0.3, 0.4) is 0 Å². The minimum Gasteiger partial charge on any atom is -0.352 e. The first-order chi connectivity index (χ1) is 9.22. The Morgan fingerprint density at radius 1 is 1.42 bits per heavy atom. The Bertz CT molecular complexity index is 346. The first-order valence-electron chi connectivity index (χ1n) is 7.39. The first kappa shape index (κ1) is 14.3. The Balaban J connectivity index is 1.88. The van der Waals surface area contributed by atoms with Crippen molar-refractivity contribution >= 4 is 5.91 Å². The molecule has 0 radical (unpaired) electrons. The molecule has 1 heterocycles. The number of nitrogens with one attached hydrogen (secondary N) is 2. The molecular formula is C14H24N4O. The van der Waals surface area contributed by atoms with Crippen LogP contribution in [0.25, 0.3) is 0 Å². The Kier molecular flexibility index (Phi) is 5.17. The lowest BCUT2D eigenvalue weighted by atomic mass is 9.95. The smallest absolute Gasteiger partial charge is 0.237 e. The van der Waals surface area contributed by atoms with E-state index >= 15 is 0 Å². The minimum absolute atomic E-state index is 0.0778. The van der Waals surface area contributed by atoms with Crippen molar-refractivity contribution in [1.82, 2.24) is 15.5 Å². The predicted octanol–water partition coefficient (Wildman–Crippen LogP) is 0.621. The molecule has 5 nitrogen and oxygen atoms in total. The number of hydrogen-bond donors (Lipinski definition) is 2. The number of rotatable bonds is 3. The van der Waals surface area contributed by atoms with Crippen LogP contribution in [0.4, 0.5) is 0 Å². The van der Waals surface area contributed by atoms with Crippen LogP contribution in [-0.4, -0.2) is 48.6 Å². The fourth-order valence-electron chi connectivity index (χ4n) is 3.02. The quantitative estimate of drug-likeness (QED) is 0.784. The van der Waals surface area contributed by atoms with Crippen molar-refractivity contribution in [3.63, 3.8) is 0 Å². The van der Waals surface area contributed by atoms with Crippen LogP contribution < -0.4 is 10.6 Å². The molecule has 1 amide bonds. The Labute approximate surface area is 115 Å². The zero-order valence-corrected chi connectivity index (χ0v) is 11.7. The molecule has 0 aromatic rings. The van der Waals surface area contributed by atoms with Gasteiger partial charge < -0.3 is 10.6 Å². The van der Waals surface area contributed by atoms with Gasteiger partial charge in [0.1, 0.15) is 6.04 Å². The number of nitrogens with zero attached hydrogens (tertiary/aromatic N) is 2. The predicted molar refractivity (Wildman–Crippen MR) is 73.5 cm³/mol. The summed E-state index contributed by atoms with van der Waals surface area (Å²) in [4.78, 5) is 14.3. The molecule has 5 heteroatoms. The summed E-state index contributed by atoms with van der Waals surface area (Å²) >= 11 is 0. The maximum absolute atomic E-state index is 12.3. The topological polar surface area (TPSA) is 68.2 Å². The number of nitriles is 1. The van der Waals surface area contributed by atoms with Crippen molar-refractivity contribution in [2.24, 2.45) is 0 Å². The molecule has 0 bridgehead atoms. The summed E-state index contributed by atoms with van der Waals surface area (Å²) in [5.74, 6) is 0.0778. The van der Waals surface area contributed by atoms with E-state index < -0.39 is 0 Å². The summed E-state index contributed by atoms with van der Waals surface area (Å²) in [5, 5.41) is 15.5. The largest absolute Gasteiger partial charge is 0.352 e. The van der Waals surface area contributed by atoms with Crippen LogP contribution in [0.15, 0.2) is 0 Å². The number of amides is 1. The van der Waals surface area contributed by atoms with Crippen LogP contribution in [0, 0.1) is 11.3 Å². The SMILES string of the molecule is CC(C(=O)NC1CCCCC1)N1CCNCC1C#N. The van der Waals surface area contributed by atoms with Gasteiger partial charge in [-0.2, -0.15) is 5.26 Å². The molecule has 2 unspecified atom stereocenters. The number of carbonyl (C=O) groups excluding carboxylic acids is 1. The zero-order chi connectivity index (χ0) is 13.7. The molecule has 2 fully saturated rings. The van der Waals surface area contributed by atoms with Crippen LogP contribution in [0.5, 0.6) is 0 Å². The van der Waals surface area contributed by atoms with Gasteiger partial charge in [0.2, 0.25) is 5.91 Å². The van der Waals surface area contributed by atoms with Crippen LogP contribution in [0.1, 0.15) is 39.0 Å². The minimum atomic E-state index is -0.214. The fraction of sp³-hybridized carbons (Fsp3) is 0.857. The highest BCUT2D eigenvalue weighted by molar-refractivity contribution is 5.81. The van der Waals surface area contributed by atoms with Crippen molar-refractivity contribution in [1.29, 1.82) is 5.26 Å². The average molecular weight is 264 g/mol. The average Bonchev–Trinajstić information content (AvgIpc) is 2.47. The van der Waals surface area contributed by atoms with E-state index in [1.165, 1.54) is 19.3 Å². The lowest BCUT2D eigenvalue weighted by Crippen LogP contribution is -2.58. The molecule has 1 saturated heterocycles. The van der Waals surface area contributed by atoms with E-state index in [-0.39, 0.29) is 18.0 Å². The van der Waals surface area contributed by atoms with Gasteiger partial charge in [-0.25, -0.2) is 0 Å². The second kappa shape index (κ2) is 6.88. The third kappa shape index (κ3) is 3.68. The van der Waals surface area contributed by atoms with Crippen LogP contribution in [-0.2, 0) is 4.79 Å². The maximum Gasteiger partial charge on any atom is 0.237 e. The fourth-order valence-corrected chi connectivity index (χ4v) is 3.02. The van der Waals surface area contributed by atoms with E-state index in [1.807, 2.05) is 11.8 Å². The lowest BCUT2D eigenvalue weighted by molar-refractivity contribution is -0.127. The van der Waals surface area contributed by atoms with Gasteiger partial charge in [0.05, 0.1) is 12.1 Å². The molecule has 2 aliphatic rings. The number of carbonyl (C=O) groups is 1. The van der Waals surface area contributed by atoms with Crippen LogP contribution >= 0.6 is 0 Å². The van der Waals surface area contributed by atoms with Gasteiger partial charge in [0.15, 0.2) is 0 Å². The lowest BCUT2D eigenvalue weighted by Gasteiger charge is -2.36. The Morgan fingerprint density at radius 3 is 2.84 bits per heavy atom. The van der Waals surface area contributed by atoms with Crippen molar-refractivity contribution < 1.29 is 4.79 Å². The molecule has 1 saturated carbocycles. The highest BCUT2D eigenvalue weighted by atomic mass is 16.2. The summed E-state index contributed by atoms with van der Waals surface area (Å²) in [6, 6.07) is 2.21. The maximum atomic E-state index is 12.3. The monoisotopic (exact) mass is 264 g/mol. The van der Waals surface area contributed by atoms with Gasteiger partial charge in [-0.1, -0.05) is 19.3 Å². The zero-order valence-electron chi connectivity index (χ0n) is 11.7. The molecule has 1 aliphatic carbocycles. The molecule has 2 atom stereocenters. The van der Waals surface area contributed by atoms with Gasteiger partial charge in [-0.05, 0) is 19.8 Å². The molecule has 19 heavy (non-hydrogen) atoms. The van der Waals surface area contributed by atoms with Crippen LogP contribution in [0.2, 0.25) is 0 Å². The summed E-state index contributed by atoms with van der Waals surface area (Å²) < 4.78 is 0. The van der Waals surface area contributed by atoms with Gasteiger partial charge in [-0.3, -0.25) is 9.69 Å². The molecule has 0 spiro atoms. The molecule has 1 aliphatic heterocycles. The van der Waals surface area contributed by atoms with Gasteiger partial charge in [0.25, 0.3) is 0 Å². The number of hydrogen-bond acceptors (Lipinski definition) is 4.